The van der Waals surface area contributed by atoms with E-state index in [1.807, 2.05) is 18.5 Å². The van der Waals surface area contributed by atoms with Crippen LogP contribution in [0, 0.1) is 6.92 Å². The van der Waals surface area contributed by atoms with E-state index in [2.05, 4.69) is 37.4 Å². The van der Waals surface area contributed by atoms with E-state index < -0.39 is 9.84 Å². The second kappa shape index (κ2) is 8.63. The quantitative estimate of drug-likeness (QED) is 0.530. The fraction of sp³-hybridized carbons (Fsp3) is 0.417. The summed E-state index contributed by atoms with van der Waals surface area (Å²) in [7, 11) is -3.09. The summed E-state index contributed by atoms with van der Waals surface area (Å²) in [5.41, 5.74) is 6.53. The van der Waals surface area contributed by atoms with Gasteiger partial charge in [0.1, 0.15) is 12.3 Å². The lowest BCUT2D eigenvalue weighted by Gasteiger charge is -2.32. The molecule has 1 fully saturated rings. The minimum Gasteiger partial charge on any atom is -0.474 e. The van der Waals surface area contributed by atoms with Crippen LogP contribution in [0.15, 0.2) is 30.7 Å². The minimum absolute atomic E-state index is 0.0122. The zero-order valence-corrected chi connectivity index (χ0v) is 20.3. The smallest absolute Gasteiger partial charge is 0.237 e. The van der Waals surface area contributed by atoms with Crippen LogP contribution in [-0.4, -0.2) is 53.3 Å². The molecule has 1 saturated carbocycles. The van der Waals surface area contributed by atoms with Crippen molar-refractivity contribution in [2.75, 3.05) is 35.2 Å². The minimum atomic E-state index is -3.09. The fourth-order valence-corrected chi connectivity index (χ4v) is 6.24. The molecule has 0 bridgehead atoms. The van der Waals surface area contributed by atoms with Gasteiger partial charge in [-0.05, 0) is 43.9 Å². The molecule has 0 amide bonds. The molecule has 10 nitrogen and oxygen atoms in total. The zero-order valence-electron chi connectivity index (χ0n) is 19.5. The van der Waals surface area contributed by atoms with Gasteiger partial charge in [0, 0.05) is 24.8 Å². The highest BCUT2D eigenvalue weighted by atomic mass is 32.2. The van der Waals surface area contributed by atoms with E-state index in [4.69, 9.17) is 9.72 Å². The summed E-state index contributed by atoms with van der Waals surface area (Å²) in [6.45, 7) is 5.01. The molecule has 1 aliphatic carbocycles. The average Bonchev–Trinajstić information content (AvgIpc) is 3.72. The highest BCUT2D eigenvalue weighted by molar-refractivity contribution is 7.91. The van der Waals surface area contributed by atoms with Crippen LogP contribution < -0.4 is 20.3 Å². The Hall–Kier alpha value is -3.47. The fourth-order valence-electron chi connectivity index (χ4n) is 4.56. The third-order valence-electron chi connectivity index (χ3n) is 6.67. The van der Waals surface area contributed by atoms with Gasteiger partial charge in [-0.25, -0.2) is 23.4 Å². The normalized spacial score (nSPS) is 17.1. The highest BCUT2D eigenvalue weighted by Crippen LogP contribution is 2.36. The largest absolute Gasteiger partial charge is 0.474 e. The van der Waals surface area contributed by atoms with Crippen LogP contribution in [0.25, 0.3) is 0 Å². The molecule has 3 aliphatic rings. The molecule has 0 unspecified atom stereocenters. The van der Waals surface area contributed by atoms with E-state index in [1.165, 1.54) is 0 Å². The van der Waals surface area contributed by atoms with Gasteiger partial charge in [0.25, 0.3) is 0 Å². The van der Waals surface area contributed by atoms with Crippen LogP contribution in [0.5, 0.6) is 5.88 Å². The molecule has 35 heavy (non-hydrogen) atoms. The van der Waals surface area contributed by atoms with Gasteiger partial charge in [-0.15, -0.1) is 0 Å². The predicted octanol–water partition coefficient (Wildman–Crippen LogP) is 2.76. The number of nitrogens with zero attached hydrogens (tertiary/aromatic N) is 5. The summed E-state index contributed by atoms with van der Waals surface area (Å²) in [6, 6.07) is 3.56. The van der Waals surface area contributed by atoms with Gasteiger partial charge in [-0.1, -0.05) is 0 Å². The number of anilines is 4. The molecule has 0 saturated heterocycles. The summed E-state index contributed by atoms with van der Waals surface area (Å²) in [5.74, 6) is 1.14. The number of hydrogen-bond acceptors (Lipinski definition) is 10. The molecule has 5 heterocycles. The summed E-state index contributed by atoms with van der Waals surface area (Å²) < 4.78 is 30.1. The molecule has 11 heteroatoms. The van der Waals surface area contributed by atoms with Crippen LogP contribution in [0.4, 0.5) is 23.0 Å². The predicted molar refractivity (Wildman–Crippen MR) is 133 cm³/mol. The van der Waals surface area contributed by atoms with E-state index in [1.54, 1.807) is 12.3 Å². The molecule has 0 radical (unpaired) electrons. The number of nitrogens with one attached hydrogen (secondary N) is 2. The third-order valence-corrected chi connectivity index (χ3v) is 8.85. The number of ether oxygens (including phenoxy) is 1. The number of rotatable bonds is 6. The Balaban J connectivity index is 1.17. The molecular weight excluding hydrogens is 466 g/mol. The lowest BCUT2D eigenvalue weighted by Crippen LogP contribution is -2.32. The van der Waals surface area contributed by atoms with Crippen molar-refractivity contribution in [2.45, 2.75) is 43.7 Å². The molecular formula is C24H27N7O3S. The van der Waals surface area contributed by atoms with Crippen molar-refractivity contribution in [3.05, 3.63) is 53.2 Å². The van der Waals surface area contributed by atoms with Crippen molar-refractivity contribution in [1.82, 2.24) is 19.9 Å². The Bertz CT molecular complexity index is 1370. The highest BCUT2D eigenvalue weighted by Gasteiger charge is 2.35. The standard InChI is InChI=1S/C24H27N7O3S/c1-15-21(12-27-23-22(15)25-7-9-34-23)31-8-6-16-10-28-24(30-20(16)13-31)29-17-2-3-18(26-11-17)14-35(32,33)19-4-5-19/h2-3,10-12,19,25H,4-9,13-14H2,1H3,(H,28,29,30). The van der Waals surface area contributed by atoms with Crippen LogP contribution in [0.3, 0.4) is 0 Å². The van der Waals surface area contributed by atoms with Crippen molar-refractivity contribution in [3.8, 4) is 5.88 Å². The molecule has 3 aromatic heterocycles. The van der Waals surface area contributed by atoms with Crippen molar-refractivity contribution < 1.29 is 13.2 Å². The summed E-state index contributed by atoms with van der Waals surface area (Å²) in [5, 5.41) is 6.41. The molecule has 182 valence electrons. The van der Waals surface area contributed by atoms with Crippen molar-refractivity contribution >= 4 is 32.8 Å². The Labute approximate surface area is 204 Å². The first-order chi connectivity index (χ1) is 17.0. The van der Waals surface area contributed by atoms with Gasteiger partial charge in [-0.2, -0.15) is 0 Å². The van der Waals surface area contributed by atoms with E-state index >= 15 is 0 Å². The Morgan fingerprint density at radius 3 is 2.86 bits per heavy atom. The van der Waals surface area contributed by atoms with Gasteiger partial charge in [-0.3, -0.25) is 4.98 Å². The lowest BCUT2D eigenvalue weighted by atomic mass is 10.0. The zero-order chi connectivity index (χ0) is 24.0. The van der Waals surface area contributed by atoms with E-state index in [0.717, 1.165) is 60.5 Å². The van der Waals surface area contributed by atoms with Crippen LogP contribution in [0.1, 0.15) is 35.4 Å². The van der Waals surface area contributed by atoms with Crippen molar-refractivity contribution in [2.24, 2.45) is 0 Å². The van der Waals surface area contributed by atoms with E-state index in [0.29, 0.717) is 36.4 Å². The topological polar surface area (TPSA) is 122 Å². The Kier molecular flexibility index (Phi) is 5.43. The van der Waals surface area contributed by atoms with Gasteiger partial charge in [0.2, 0.25) is 11.8 Å². The first kappa shape index (κ1) is 22.0. The summed E-state index contributed by atoms with van der Waals surface area (Å²) in [6.07, 6.45) is 7.76. The second-order valence-corrected chi connectivity index (χ2v) is 11.5. The molecule has 0 spiro atoms. The van der Waals surface area contributed by atoms with Crippen molar-refractivity contribution in [1.29, 1.82) is 0 Å². The van der Waals surface area contributed by atoms with E-state index in [9.17, 15) is 8.42 Å². The maximum Gasteiger partial charge on any atom is 0.237 e. The number of pyridine rings is 2. The summed E-state index contributed by atoms with van der Waals surface area (Å²) >= 11 is 0. The lowest BCUT2D eigenvalue weighted by molar-refractivity contribution is 0.310. The second-order valence-electron chi connectivity index (χ2n) is 9.23. The van der Waals surface area contributed by atoms with Gasteiger partial charge in [0.05, 0.1) is 52.7 Å². The number of aromatic nitrogens is 4. The van der Waals surface area contributed by atoms with Crippen LogP contribution >= 0.6 is 0 Å². The number of hydrogen-bond donors (Lipinski definition) is 2. The van der Waals surface area contributed by atoms with Crippen LogP contribution in [0.2, 0.25) is 0 Å². The maximum absolute atomic E-state index is 12.2. The SMILES string of the molecule is Cc1c(N2CCc3cnc(Nc4ccc(CS(=O)(=O)C5CC5)nc4)nc3C2)cnc2c1NCCO2. The Morgan fingerprint density at radius 2 is 2.06 bits per heavy atom. The Morgan fingerprint density at radius 1 is 1.17 bits per heavy atom. The summed E-state index contributed by atoms with van der Waals surface area (Å²) in [4.78, 5) is 20.4. The maximum atomic E-state index is 12.2. The average molecular weight is 494 g/mol. The molecule has 3 aromatic rings. The van der Waals surface area contributed by atoms with Crippen LogP contribution in [-0.2, 0) is 28.6 Å². The number of sulfone groups is 1. The monoisotopic (exact) mass is 493 g/mol. The first-order valence-electron chi connectivity index (χ1n) is 11.9. The molecule has 2 aliphatic heterocycles. The van der Waals surface area contributed by atoms with Gasteiger partial charge >= 0.3 is 0 Å². The van der Waals surface area contributed by atoms with Gasteiger partial charge in [0.15, 0.2) is 9.84 Å². The molecule has 2 N–H and O–H groups in total. The molecule has 0 atom stereocenters. The van der Waals surface area contributed by atoms with Crippen molar-refractivity contribution in [3.63, 3.8) is 0 Å². The third kappa shape index (κ3) is 4.47. The van der Waals surface area contributed by atoms with Gasteiger partial charge < -0.3 is 20.3 Å². The van der Waals surface area contributed by atoms with E-state index in [-0.39, 0.29) is 11.0 Å². The first-order valence-corrected chi connectivity index (χ1v) is 13.6. The molecule has 0 aromatic carbocycles. The molecule has 6 rings (SSSR count). The number of fused-ring (bicyclic) bond motifs is 2.